The highest BCUT2D eigenvalue weighted by Crippen LogP contribution is 2.42. The van der Waals surface area contributed by atoms with Crippen molar-refractivity contribution >= 4 is 16.5 Å². The number of nitrogens with zero attached hydrogens (tertiary/aromatic N) is 1. The Morgan fingerprint density at radius 3 is 2.61 bits per heavy atom. The summed E-state index contributed by atoms with van der Waals surface area (Å²) >= 11 is 0. The average Bonchev–Trinajstić information content (AvgIpc) is 2.85. The number of rotatable bonds is 2. The van der Waals surface area contributed by atoms with E-state index in [1.165, 1.54) is 0 Å². The zero-order chi connectivity index (χ0) is 12.7. The molecule has 0 aliphatic carbocycles. The number of aliphatic hydroxyl groups is 1. The summed E-state index contributed by atoms with van der Waals surface area (Å²) in [5, 5.41) is 11.5. The number of hydrogen-bond acceptors (Lipinski definition) is 4. The van der Waals surface area contributed by atoms with Gasteiger partial charge in [0.15, 0.2) is 11.5 Å². The zero-order valence-electron chi connectivity index (χ0n) is 10.4. The molecule has 2 aromatic carbocycles. The predicted octanol–water partition coefficient (Wildman–Crippen LogP) is 2.13. The van der Waals surface area contributed by atoms with Gasteiger partial charge < -0.3 is 19.5 Å². The van der Waals surface area contributed by atoms with Crippen molar-refractivity contribution in [3.8, 4) is 11.5 Å². The van der Waals surface area contributed by atoms with Gasteiger partial charge in [0.1, 0.15) is 0 Å². The van der Waals surface area contributed by atoms with Crippen molar-refractivity contribution < 1.29 is 14.6 Å². The van der Waals surface area contributed by atoms with Crippen LogP contribution in [0.3, 0.4) is 0 Å². The number of anilines is 1. The Morgan fingerprint density at radius 2 is 1.89 bits per heavy atom. The van der Waals surface area contributed by atoms with Crippen LogP contribution in [0.15, 0.2) is 24.3 Å². The Bertz CT molecular complexity index is 608. The first-order valence-electron chi connectivity index (χ1n) is 5.84. The summed E-state index contributed by atoms with van der Waals surface area (Å²) in [4.78, 5) is 2.01. The van der Waals surface area contributed by atoms with Crippen molar-refractivity contribution in [1.29, 1.82) is 0 Å². The van der Waals surface area contributed by atoms with E-state index in [0.717, 1.165) is 33.5 Å². The van der Waals surface area contributed by atoms with Crippen molar-refractivity contribution in [1.82, 2.24) is 0 Å². The van der Waals surface area contributed by atoms with E-state index in [1.54, 1.807) is 0 Å². The van der Waals surface area contributed by atoms with Crippen molar-refractivity contribution in [3.05, 3.63) is 29.8 Å². The minimum absolute atomic E-state index is 0.0257. The molecule has 2 aromatic rings. The summed E-state index contributed by atoms with van der Waals surface area (Å²) in [5.41, 5.74) is 1.93. The lowest BCUT2D eigenvalue weighted by Crippen LogP contribution is -2.12. The predicted molar refractivity (Wildman–Crippen MR) is 70.3 cm³/mol. The molecule has 0 spiro atoms. The summed E-state index contributed by atoms with van der Waals surface area (Å²) in [5.74, 6) is 1.57. The Hall–Kier alpha value is -1.94. The Balaban J connectivity index is 2.35. The van der Waals surface area contributed by atoms with Crippen molar-refractivity contribution in [3.63, 3.8) is 0 Å². The number of hydrogen-bond donors (Lipinski definition) is 1. The van der Waals surface area contributed by atoms with Crippen LogP contribution in [0.25, 0.3) is 10.8 Å². The van der Waals surface area contributed by atoms with Gasteiger partial charge in [-0.15, -0.1) is 0 Å². The zero-order valence-corrected chi connectivity index (χ0v) is 10.4. The first-order chi connectivity index (χ1) is 8.72. The fourth-order valence-corrected chi connectivity index (χ4v) is 2.46. The third-order valence-corrected chi connectivity index (χ3v) is 3.21. The van der Waals surface area contributed by atoms with Gasteiger partial charge in [0, 0.05) is 36.1 Å². The van der Waals surface area contributed by atoms with Gasteiger partial charge in [-0.3, -0.25) is 0 Å². The highest BCUT2D eigenvalue weighted by Gasteiger charge is 2.19. The van der Waals surface area contributed by atoms with Gasteiger partial charge in [-0.05, 0) is 18.2 Å². The van der Waals surface area contributed by atoms with E-state index in [9.17, 15) is 5.11 Å². The fourth-order valence-electron chi connectivity index (χ4n) is 2.46. The summed E-state index contributed by atoms with van der Waals surface area (Å²) in [7, 11) is 3.94. The van der Waals surface area contributed by atoms with Crippen LogP contribution in [0.1, 0.15) is 5.56 Å². The number of benzene rings is 2. The minimum atomic E-state index is 0.0257. The molecular weight excluding hydrogens is 230 g/mol. The smallest absolute Gasteiger partial charge is 0.231 e. The Morgan fingerprint density at radius 1 is 1.11 bits per heavy atom. The maximum Gasteiger partial charge on any atom is 0.231 e. The molecule has 94 valence electrons. The van der Waals surface area contributed by atoms with Crippen LogP contribution in [-0.4, -0.2) is 26.0 Å². The van der Waals surface area contributed by atoms with Crippen LogP contribution >= 0.6 is 0 Å². The Kier molecular flexibility index (Phi) is 2.52. The van der Waals surface area contributed by atoms with E-state index in [-0.39, 0.29) is 13.4 Å². The lowest BCUT2D eigenvalue weighted by molar-refractivity contribution is 0.175. The first-order valence-corrected chi connectivity index (χ1v) is 5.84. The number of aliphatic hydroxyl groups excluding tert-OH is 1. The van der Waals surface area contributed by atoms with Gasteiger partial charge in [-0.2, -0.15) is 0 Å². The molecule has 3 rings (SSSR count). The number of fused-ring (bicyclic) bond motifs is 3. The second-order valence-corrected chi connectivity index (χ2v) is 4.52. The van der Waals surface area contributed by atoms with Gasteiger partial charge in [0.2, 0.25) is 6.79 Å². The summed E-state index contributed by atoms with van der Waals surface area (Å²) < 4.78 is 10.9. The molecule has 18 heavy (non-hydrogen) atoms. The first kappa shape index (κ1) is 11.2. The molecule has 4 nitrogen and oxygen atoms in total. The van der Waals surface area contributed by atoms with Crippen LogP contribution in [0.4, 0.5) is 5.69 Å². The maximum absolute atomic E-state index is 9.44. The van der Waals surface area contributed by atoms with E-state index >= 15 is 0 Å². The van der Waals surface area contributed by atoms with Crippen LogP contribution in [0.5, 0.6) is 11.5 Å². The highest BCUT2D eigenvalue weighted by atomic mass is 16.7. The molecule has 0 saturated carbocycles. The maximum atomic E-state index is 9.44. The molecule has 0 unspecified atom stereocenters. The van der Waals surface area contributed by atoms with Crippen molar-refractivity contribution in [2.24, 2.45) is 0 Å². The molecule has 1 heterocycles. The van der Waals surface area contributed by atoms with Crippen LogP contribution in [-0.2, 0) is 6.61 Å². The number of ether oxygens (including phenoxy) is 2. The molecule has 1 aliphatic rings. The van der Waals surface area contributed by atoms with Gasteiger partial charge in [-0.25, -0.2) is 0 Å². The molecule has 1 aliphatic heterocycles. The van der Waals surface area contributed by atoms with Crippen LogP contribution in [0, 0.1) is 0 Å². The quantitative estimate of drug-likeness (QED) is 0.880. The molecule has 0 fully saturated rings. The van der Waals surface area contributed by atoms with Gasteiger partial charge >= 0.3 is 0 Å². The topological polar surface area (TPSA) is 41.9 Å². The molecule has 4 heteroatoms. The van der Waals surface area contributed by atoms with Crippen LogP contribution in [0.2, 0.25) is 0 Å². The lowest BCUT2D eigenvalue weighted by Gasteiger charge is -2.19. The van der Waals surface area contributed by atoms with Crippen LogP contribution < -0.4 is 14.4 Å². The molecule has 0 atom stereocenters. The molecule has 0 saturated heterocycles. The molecule has 0 bridgehead atoms. The van der Waals surface area contributed by atoms with E-state index < -0.39 is 0 Å². The largest absolute Gasteiger partial charge is 0.454 e. The second kappa shape index (κ2) is 4.07. The Labute approximate surface area is 105 Å². The van der Waals surface area contributed by atoms with E-state index in [4.69, 9.17) is 9.47 Å². The fraction of sp³-hybridized carbons (Fsp3) is 0.286. The molecule has 1 N–H and O–H groups in total. The molecular formula is C14H15NO3. The van der Waals surface area contributed by atoms with Crippen molar-refractivity contribution in [2.75, 3.05) is 25.8 Å². The lowest BCUT2D eigenvalue weighted by atomic mass is 10.0. The van der Waals surface area contributed by atoms with E-state index in [1.807, 2.05) is 43.3 Å². The van der Waals surface area contributed by atoms with E-state index in [0.29, 0.717) is 0 Å². The van der Waals surface area contributed by atoms with Gasteiger partial charge in [0.25, 0.3) is 0 Å². The third-order valence-electron chi connectivity index (χ3n) is 3.21. The van der Waals surface area contributed by atoms with Crippen molar-refractivity contribution in [2.45, 2.75) is 6.61 Å². The molecule has 0 aromatic heterocycles. The minimum Gasteiger partial charge on any atom is -0.454 e. The summed E-state index contributed by atoms with van der Waals surface area (Å²) in [6, 6.07) is 7.83. The van der Waals surface area contributed by atoms with Gasteiger partial charge in [0.05, 0.1) is 6.61 Å². The monoisotopic (exact) mass is 245 g/mol. The average molecular weight is 245 g/mol. The molecule has 0 radical (unpaired) electrons. The van der Waals surface area contributed by atoms with E-state index in [2.05, 4.69) is 0 Å². The second-order valence-electron chi connectivity index (χ2n) is 4.52. The van der Waals surface area contributed by atoms with Gasteiger partial charge in [-0.1, -0.05) is 6.07 Å². The summed E-state index contributed by atoms with van der Waals surface area (Å²) in [6.45, 7) is 0.297. The molecule has 0 amide bonds. The SMILES string of the molecule is CN(C)c1c(CO)ccc2c3c(ccc12)OCO3. The normalized spacial score (nSPS) is 13.1. The summed E-state index contributed by atoms with van der Waals surface area (Å²) in [6.07, 6.45) is 0. The standard InChI is InChI=1S/C14H15NO3/c1-15(2)13-9(7-16)3-4-11-10(13)5-6-12-14(11)18-8-17-12/h3-6,16H,7-8H2,1-2H3. The highest BCUT2D eigenvalue weighted by molar-refractivity contribution is 6.01. The third kappa shape index (κ3) is 1.49.